The Bertz CT molecular complexity index is 1640. The molecule has 0 saturated carbocycles. The maximum absolute atomic E-state index is 15.1. The number of imide groups is 1. The van der Waals surface area contributed by atoms with Crippen molar-refractivity contribution in [3.63, 3.8) is 0 Å². The lowest BCUT2D eigenvalue weighted by Crippen LogP contribution is -2.58. The molecule has 0 bridgehead atoms. The number of aromatic nitrogens is 3. The van der Waals surface area contributed by atoms with Crippen LogP contribution in [0.2, 0.25) is 0 Å². The van der Waals surface area contributed by atoms with Crippen molar-refractivity contribution < 1.29 is 28.6 Å². The number of anilines is 1. The molecule has 0 unspecified atom stereocenters. The zero-order chi connectivity index (χ0) is 31.2. The second-order valence-corrected chi connectivity index (χ2v) is 12.1. The standard InChI is InChI=1S/C31H34FN7O5/c1-31(2,3)44-30(42)38-17-22-28(29(38)41)23(15-21(34-22)27-19(16-33)5-4-6-20(27)32)39-10-8-26(35-39)37-9-7-25(40)24(18-37)36-11-13-43-14-12-36/h4-6,8,10,15,24-25,40H,7,9,11-14,17-18H2,1-3H3/t24-,25+/m0/s1. The van der Waals surface area contributed by atoms with Crippen LogP contribution in [0.3, 0.4) is 0 Å². The van der Waals surface area contributed by atoms with E-state index in [0.717, 1.165) is 18.0 Å². The number of amides is 2. The second-order valence-electron chi connectivity index (χ2n) is 12.1. The highest BCUT2D eigenvalue weighted by atomic mass is 19.1. The van der Waals surface area contributed by atoms with Gasteiger partial charge in [0.1, 0.15) is 11.4 Å². The molecular formula is C31H34FN7O5. The van der Waals surface area contributed by atoms with Crippen LogP contribution in [0.5, 0.6) is 0 Å². The van der Waals surface area contributed by atoms with Gasteiger partial charge in [0, 0.05) is 38.4 Å². The van der Waals surface area contributed by atoms with Gasteiger partial charge in [0.05, 0.1) is 71.7 Å². The van der Waals surface area contributed by atoms with Gasteiger partial charge in [-0.2, -0.15) is 10.4 Å². The number of aliphatic hydroxyl groups is 1. The minimum atomic E-state index is -0.833. The Labute approximate surface area is 254 Å². The SMILES string of the molecule is CC(C)(C)OC(=O)N1Cc2nc(-c3c(F)cccc3C#N)cc(-n3ccc(N4CC[C@@H](O)[C@@H](N5CCOCC5)C4)n3)c2C1=O. The molecule has 3 aliphatic heterocycles. The molecule has 2 amide bonds. The number of aliphatic hydroxyl groups excluding tert-OH is 1. The molecule has 44 heavy (non-hydrogen) atoms. The number of halogens is 1. The number of hydrogen-bond donors (Lipinski definition) is 1. The van der Waals surface area contributed by atoms with Gasteiger partial charge in [0.2, 0.25) is 0 Å². The van der Waals surface area contributed by atoms with Gasteiger partial charge >= 0.3 is 6.09 Å². The highest BCUT2D eigenvalue weighted by molar-refractivity contribution is 6.08. The molecule has 1 aromatic carbocycles. The Morgan fingerprint density at radius 1 is 1.18 bits per heavy atom. The highest BCUT2D eigenvalue weighted by Crippen LogP contribution is 2.35. The van der Waals surface area contributed by atoms with E-state index < -0.39 is 29.5 Å². The van der Waals surface area contributed by atoms with Crippen molar-refractivity contribution in [2.75, 3.05) is 44.3 Å². The molecule has 2 atom stereocenters. The molecule has 12 nitrogen and oxygen atoms in total. The van der Waals surface area contributed by atoms with E-state index in [9.17, 15) is 20.0 Å². The smallest absolute Gasteiger partial charge is 0.417 e. The van der Waals surface area contributed by atoms with Crippen molar-refractivity contribution in [1.29, 1.82) is 5.26 Å². The van der Waals surface area contributed by atoms with Crippen LogP contribution in [-0.2, 0) is 16.0 Å². The van der Waals surface area contributed by atoms with E-state index in [2.05, 4.69) is 14.8 Å². The Morgan fingerprint density at radius 3 is 2.68 bits per heavy atom. The minimum Gasteiger partial charge on any atom is -0.443 e. The lowest BCUT2D eigenvalue weighted by atomic mass is 10.00. The van der Waals surface area contributed by atoms with Crippen LogP contribution in [0.25, 0.3) is 16.9 Å². The van der Waals surface area contributed by atoms with E-state index in [4.69, 9.17) is 14.6 Å². The fourth-order valence-corrected chi connectivity index (χ4v) is 5.95. The van der Waals surface area contributed by atoms with Gasteiger partial charge in [-0.05, 0) is 45.4 Å². The quantitative estimate of drug-likeness (QED) is 0.474. The number of benzene rings is 1. The number of fused-ring (bicyclic) bond motifs is 1. The zero-order valence-electron chi connectivity index (χ0n) is 24.9. The highest BCUT2D eigenvalue weighted by Gasteiger charge is 2.40. The van der Waals surface area contributed by atoms with Crippen molar-refractivity contribution in [1.82, 2.24) is 24.6 Å². The van der Waals surface area contributed by atoms with Gasteiger partial charge in [-0.15, -0.1) is 0 Å². The Hall–Kier alpha value is -4.38. The maximum atomic E-state index is 15.1. The number of nitrogens with zero attached hydrogens (tertiary/aromatic N) is 7. The summed E-state index contributed by atoms with van der Waals surface area (Å²) in [5.74, 6) is -0.610. The average Bonchev–Trinajstić information content (AvgIpc) is 3.62. The number of carbonyl (C=O) groups is 2. The van der Waals surface area contributed by atoms with Gasteiger partial charge in [-0.1, -0.05) is 6.07 Å². The molecule has 0 aliphatic carbocycles. The minimum absolute atomic E-state index is 0.00651. The summed E-state index contributed by atoms with van der Waals surface area (Å²) in [6.45, 7) is 8.81. The molecule has 0 radical (unpaired) electrons. The maximum Gasteiger partial charge on any atom is 0.417 e. The lowest BCUT2D eigenvalue weighted by Gasteiger charge is -2.43. The van der Waals surface area contributed by atoms with Crippen LogP contribution in [0, 0.1) is 17.1 Å². The number of rotatable bonds is 4. The number of hydrogen-bond acceptors (Lipinski definition) is 10. The number of pyridine rings is 1. The molecule has 5 heterocycles. The first kappa shape index (κ1) is 29.7. The summed E-state index contributed by atoms with van der Waals surface area (Å²) >= 11 is 0. The van der Waals surface area contributed by atoms with Crippen molar-refractivity contribution in [2.24, 2.45) is 0 Å². The van der Waals surface area contributed by atoms with Crippen LogP contribution in [0.4, 0.5) is 15.0 Å². The monoisotopic (exact) mass is 603 g/mol. The molecule has 2 saturated heterocycles. The normalized spacial score (nSPS) is 20.9. The van der Waals surface area contributed by atoms with Crippen molar-refractivity contribution in [2.45, 2.75) is 51.5 Å². The predicted molar refractivity (Wildman–Crippen MR) is 157 cm³/mol. The van der Waals surface area contributed by atoms with E-state index in [1.165, 1.54) is 28.9 Å². The molecule has 3 aromatic rings. The van der Waals surface area contributed by atoms with E-state index in [-0.39, 0.29) is 40.7 Å². The average molecular weight is 604 g/mol. The van der Waals surface area contributed by atoms with E-state index in [0.29, 0.717) is 44.2 Å². The third-order valence-electron chi connectivity index (χ3n) is 8.05. The largest absolute Gasteiger partial charge is 0.443 e. The van der Waals surface area contributed by atoms with Crippen molar-refractivity contribution >= 4 is 17.8 Å². The summed E-state index contributed by atoms with van der Waals surface area (Å²) in [4.78, 5) is 36.5. The van der Waals surface area contributed by atoms with E-state index >= 15 is 4.39 Å². The Morgan fingerprint density at radius 2 is 1.95 bits per heavy atom. The molecular weight excluding hydrogens is 569 g/mol. The molecule has 2 fully saturated rings. The van der Waals surface area contributed by atoms with Gasteiger partial charge in [-0.25, -0.2) is 23.8 Å². The first-order chi connectivity index (χ1) is 21.0. The summed E-state index contributed by atoms with van der Waals surface area (Å²) in [7, 11) is 0. The lowest BCUT2D eigenvalue weighted by molar-refractivity contribution is -0.0267. The van der Waals surface area contributed by atoms with E-state index in [1.807, 2.05) is 12.1 Å². The molecule has 1 N–H and O–H groups in total. The summed E-state index contributed by atoms with van der Waals surface area (Å²) in [5, 5.41) is 25.3. The Balaban J connectivity index is 1.39. The molecule has 230 valence electrons. The van der Waals surface area contributed by atoms with Gasteiger partial charge in [0.15, 0.2) is 5.82 Å². The van der Waals surface area contributed by atoms with Crippen LogP contribution in [0.15, 0.2) is 36.5 Å². The molecule has 6 rings (SSSR count). The number of ether oxygens (including phenoxy) is 2. The Kier molecular flexibility index (Phi) is 7.83. The fraction of sp³-hybridized carbons (Fsp3) is 0.452. The fourth-order valence-electron chi connectivity index (χ4n) is 5.95. The van der Waals surface area contributed by atoms with Crippen LogP contribution in [0.1, 0.15) is 48.8 Å². The third-order valence-corrected chi connectivity index (χ3v) is 8.05. The summed E-state index contributed by atoms with van der Waals surface area (Å²) < 4.78 is 27.6. The number of piperidine rings is 1. The molecule has 2 aromatic heterocycles. The van der Waals surface area contributed by atoms with Gasteiger partial charge in [0.25, 0.3) is 5.91 Å². The predicted octanol–water partition coefficient (Wildman–Crippen LogP) is 3.11. The molecule has 3 aliphatic rings. The topological polar surface area (TPSA) is 137 Å². The zero-order valence-corrected chi connectivity index (χ0v) is 24.9. The van der Waals surface area contributed by atoms with E-state index in [1.54, 1.807) is 27.0 Å². The number of carbonyl (C=O) groups excluding carboxylic acids is 2. The molecule has 0 spiro atoms. The third kappa shape index (κ3) is 5.63. The second kappa shape index (κ2) is 11.6. The summed E-state index contributed by atoms with van der Waals surface area (Å²) in [6.07, 6.45) is 0.972. The molecule has 13 heteroatoms. The van der Waals surface area contributed by atoms with Crippen LogP contribution >= 0.6 is 0 Å². The van der Waals surface area contributed by atoms with Crippen LogP contribution < -0.4 is 4.90 Å². The summed E-state index contributed by atoms with van der Waals surface area (Å²) in [5.41, 5.74) is 0.0571. The first-order valence-corrected chi connectivity index (χ1v) is 14.6. The van der Waals surface area contributed by atoms with Gasteiger partial charge < -0.3 is 19.5 Å². The number of morpholine rings is 1. The van der Waals surface area contributed by atoms with Gasteiger partial charge in [-0.3, -0.25) is 9.69 Å². The summed E-state index contributed by atoms with van der Waals surface area (Å²) in [6, 6.07) is 9.44. The first-order valence-electron chi connectivity index (χ1n) is 14.6. The van der Waals surface area contributed by atoms with Crippen molar-refractivity contribution in [3.8, 4) is 23.0 Å². The van der Waals surface area contributed by atoms with Crippen molar-refractivity contribution in [3.05, 3.63) is 59.2 Å². The van der Waals surface area contributed by atoms with Crippen LogP contribution in [-0.4, -0.2) is 98.8 Å². The number of nitriles is 1.